The van der Waals surface area contributed by atoms with E-state index in [9.17, 15) is 10.1 Å². The molecule has 0 saturated carbocycles. The molecular formula is C24H25N7O3. The van der Waals surface area contributed by atoms with Crippen molar-refractivity contribution in [3.63, 3.8) is 0 Å². The molecule has 0 spiro atoms. The number of fused-ring (bicyclic) bond motifs is 3. The number of aryl methyl sites for hydroxylation is 1. The molecule has 1 aliphatic rings. The van der Waals surface area contributed by atoms with E-state index in [1.165, 1.54) is 0 Å². The third-order valence-corrected chi connectivity index (χ3v) is 5.78. The summed E-state index contributed by atoms with van der Waals surface area (Å²) in [6.07, 6.45) is 2.53. The SMILES string of the molecule is Cc1nc(Cc2nc3cnc4ccc(C#N)cc4c3n2[C@@H]2CCN(C(=O)OC(C)(C)C)C2)no1. The molecule has 0 N–H and O–H groups in total. The molecule has 1 amide bonds. The van der Waals surface area contributed by atoms with Crippen molar-refractivity contribution in [1.29, 1.82) is 5.26 Å². The van der Waals surface area contributed by atoms with Crippen molar-refractivity contribution >= 4 is 28.0 Å². The van der Waals surface area contributed by atoms with Crippen molar-refractivity contribution in [3.05, 3.63) is 47.5 Å². The number of hydrogen-bond donors (Lipinski definition) is 0. The molecule has 0 radical (unpaired) electrons. The number of pyridine rings is 1. The smallest absolute Gasteiger partial charge is 0.410 e. The zero-order chi connectivity index (χ0) is 24.0. The minimum absolute atomic E-state index is 0.0307. The van der Waals surface area contributed by atoms with E-state index >= 15 is 0 Å². The third kappa shape index (κ3) is 4.05. The Morgan fingerprint density at radius 1 is 1.29 bits per heavy atom. The second kappa shape index (κ2) is 8.09. The second-order valence-electron chi connectivity index (χ2n) is 9.51. The number of likely N-dealkylation sites (tertiary alicyclic amines) is 1. The Kier molecular flexibility index (Phi) is 5.20. The highest BCUT2D eigenvalue weighted by molar-refractivity contribution is 6.03. The minimum Gasteiger partial charge on any atom is -0.444 e. The highest BCUT2D eigenvalue weighted by Gasteiger charge is 2.33. The number of imidazole rings is 1. The lowest BCUT2D eigenvalue weighted by Crippen LogP contribution is -2.35. The van der Waals surface area contributed by atoms with Gasteiger partial charge in [0.05, 0.1) is 41.3 Å². The average molecular weight is 460 g/mol. The summed E-state index contributed by atoms with van der Waals surface area (Å²) < 4.78 is 12.9. The van der Waals surface area contributed by atoms with Gasteiger partial charge in [0.2, 0.25) is 5.89 Å². The first-order chi connectivity index (χ1) is 16.2. The standard InChI is InChI=1S/C24H25N7O3/c1-14-27-20(29-34-14)10-21-28-19-12-26-18-6-5-15(11-25)9-17(18)22(19)31(21)16-7-8-30(13-16)23(32)33-24(2,3)4/h5-6,9,12,16H,7-8,10,13H2,1-4H3/t16-/m1/s1. The van der Waals surface area contributed by atoms with E-state index in [1.54, 1.807) is 24.1 Å². The largest absolute Gasteiger partial charge is 0.444 e. The Hall–Kier alpha value is -4.00. The predicted octanol–water partition coefficient (Wildman–Crippen LogP) is 3.92. The normalized spacial score (nSPS) is 16.3. The number of nitriles is 1. The van der Waals surface area contributed by atoms with Crippen LogP contribution >= 0.6 is 0 Å². The fourth-order valence-electron chi connectivity index (χ4n) is 4.41. The van der Waals surface area contributed by atoms with Crippen LogP contribution in [0.5, 0.6) is 0 Å². The van der Waals surface area contributed by atoms with Gasteiger partial charge in [0.15, 0.2) is 5.82 Å². The summed E-state index contributed by atoms with van der Waals surface area (Å²) in [5, 5.41) is 14.3. The van der Waals surface area contributed by atoms with Crippen molar-refractivity contribution in [2.24, 2.45) is 0 Å². The molecule has 5 rings (SSSR count). The number of rotatable bonds is 3. The summed E-state index contributed by atoms with van der Waals surface area (Å²) in [4.78, 5) is 28.2. The lowest BCUT2D eigenvalue weighted by molar-refractivity contribution is 0.0289. The topological polar surface area (TPSA) is 123 Å². The molecule has 4 aromatic rings. The molecule has 0 unspecified atom stereocenters. The van der Waals surface area contributed by atoms with E-state index in [4.69, 9.17) is 14.2 Å². The van der Waals surface area contributed by atoms with Gasteiger partial charge in [-0.25, -0.2) is 9.78 Å². The van der Waals surface area contributed by atoms with Crippen LogP contribution in [-0.4, -0.2) is 54.4 Å². The first-order valence-corrected chi connectivity index (χ1v) is 11.2. The maximum absolute atomic E-state index is 12.7. The molecule has 1 aromatic carbocycles. The number of aromatic nitrogens is 5. The molecule has 3 aromatic heterocycles. The Balaban J connectivity index is 1.62. The Morgan fingerprint density at radius 2 is 2.12 bits per heavy atom. The van der Waals surface area contributed by atoms with E-state index in [1.807, 2.05) is 32.9 Å². The van der Waals surface area contributed by atoms with Crippen molar-refractivity contribution in [2.75, 3.05) is 13.1 Å². The molecule has 1 fully saturated rings. The Bertz CT molecular complexity index is 1440. The van der Waals surface area contributed by atoms with Crippen LogP contribution in [0.1, 0.15) is 56.3 Å². The molecule has 10 heteroatoms. The van der Waals surface area contributed by atoms with Crippen LogP contribution in [0.25, 0.3) is 21.9 Å². The van der Waals surface area contributed by atoms with Gasteiger partial charge in [0.1, 0.15) is 16.9 Å². The summed E-state index contributed by atoms with van der Waals surface area (Å²) in [6, 6.07) is 7.61. The average Bonchev–Trinajstić information content (AvgIpc) is 3.50. The van der Waals surface area contributed by atoms with Crippen LogP contribution in [0.15, 0.2) is 28.9 Å². The highest BCUT2D eigenvalue weighted by Crippen LogP contribution is 2.33. The zero-order valence-electron chi connectivity index (χ0n) is 19.6. The number of carbonyl (C=O) groups excluding carboxylic acids is 1. The number of hydrogen-bond acceptors (Lipinski definition) is 8. The molecule has 1 atom stereocenters. The summed E-state index contributed by atoms with van der Waals surface area (Å²) in [6.45, 7) is 8.39. The van der Waals surface area contributed by atoms with E-state index in [-0.39, 0.29) is 12.1 Å². The fourth-order valence-corrected chi connectivity index (χ4v) is 4.41. The second-order valence-corrected chi connectivity index (χ2v) is 9.51. The van der Waals surface area contributed by atoms with Gasteiger partial charge < -0.3 is 18.7 Å². The van der Waals surface area contributed by atoms with Crippen LogP contribution in [0.3, 0.4) is 0 Å². The maximum Gasteiger partial charge on any atom is 0.410 e. The molecular weight excluding hydrogens is 434 g/mol. The Morgan fingerprint density at radius 3 is 2.82 bits per heavy atom. The van der Waals surface area contributed by atoms with Crippen LogP contribution in [0.2, 0.25) is 0 Å². The maximum atomic E-state index is 12.7. The van der Waals surface area contributed by atoms with Crippen molar-refractivity contribution in [2.45, 2.75) is 52.2 Å². The zero-order valence-corrected chi connectivity index (χ0v) is 19.6. The first kappa shape index (κ1) is 21.8. The van der Waals surface area contributed by atoms with Gasteiger partial charge in [-0.3, -0.25) is 4.98 Å². The summed E-state index contributed by atoms with van der Waals surface area (Å²) >= 11 is 0. The third-order valence-electron chi connectivity index (χ3n) is 5.78. The number of carbonyl (C=O) groups is 1. The lowest BCUT2D eigenvalue weighted by Gasteiger charge is -2.24. The molecule has 1 saturated heterocycles. The van der Waals surface area contributed by atoms with Crippen LogP contribution in [0.4, 0.5) is 4.79 Å². The van der Waals surface area contributed by atoms with E-state index in [0.717, 1.165) is 28.7 Å². The van der Waals surface area contributed by atoms with E-state index in [2.05, 4.69) is 25.8 Å². The molecule has 0 bridgehead atoms. The highest BCUT2D eigenvalue weighted by atomic mass is 16.6. The molecule has 10 nitrogen and oxygen atoms in total. The lowest BCUT2D eigenvalue weighted by atomic mass is 10.1. The molecule has 0 aliphatic carbocycles. The minimum atomic E-state index is -0.561. The fraction of sp³-hybridized carbons (Fsp3) is 0.417. The number of amides is 1. The van der Waals surface area contributed by atoms with Crippen LogP contribution in [0, 0.1) is 18.3 Å². The molecule has 174 valence electrons. The Labute approximate surface area is 196 Å². The monoisotopic (exact) mass is 459 g/mol. The van der Waals surface area contributed by atoms with Crippen molar-refractivity contribution < 1.29 is 14.1 Å². The van der Waals surface area contributed by atoms with Gasteiger partial charge in [-0.05, 0) is 45.4 Å². The number of ether oxygens (including phenoxy) is 1. The summed E-state index contributed by atoms with van der Waals surface area (Å²) in [5.41, 5.74) is 2.36. The van der Waals surface area contributed by atoms with Gasteiger partial charge in [0, 0.05) is 25.4 Å². The van der Waals surface area contributed by atoms with E-state index in [0.29, 0.717) is 42.3 Å². The van der Waals surface area contributed by atoms with Crippen LogP contribution < -0.4 is 0 Å². The molecule has 4 heterocycles. The molecule has 34 heavy (non-hydrogen) atoms. The van der Waals surface area contributed by atoms with Gasteiger partial charge in [-0.15, -0.1) is 0 Å². The van der Waals surface area contributed by atoms with Crippen molar-refractivity contribution in [3.8, 4) is 6.07 Å². The first-order valence-electron chi connectivity index (χ1n) is 11.2. The van der Waals surface area contributed by atoms with Gasteiger partial charge >= 0.3 is 6.09 Å². The van der Waals surface area contributed by atoms with Gasteiger partial charge in [0.25, 0.3) is 0 Å². The molecule has 1 aliphatic heterocycles. The van der Waals surface area contributed by atoms with Crippen LogP contribution in [-0.2, 0) is 11.2 Å². The van der Waals surface area contributed by atoms with Gasteiger partial charge in [-0.2, -0.15) is 10.2 Å². The number of benzene rings is 1. The summed E-state index contributed by atoms with van der Waals surface area (Å²) in [7, 11) is 0. The van der Waals surface area contributed by atoms with Crippen molar-refractivity contribution in [1.82, 2.24) is 29.6 Å². The van der Waals surface area contributed by atoms with Gasteiger partial charge in [-0.1, -0.05) is 5.16 Å². The number of nitrogens with zero attached hydrogens (tertiary/aromatic N) is 7. The summed E-state index contributed by atoms with van der Waals surface area (Å²) in [5.74, 6) is 1.77. The van der Waals surface area contributed by atoms with E-state index < -0.39 is 5.60 Å². The quantitative estimate of drug-likeness (QED) is 0.452. The predicted molar refractivity (Wildman–Crippen MR) is 123 cm³/mol.